The molecule has 3 N–H and O–H groups in total. The molecule has 132 valence electrons. The summed E-state index contributed by atoms with van der Waals surface area (Å²) in [5, 5.41) is 23.1. The van der Waals surface area contributed by atoms with Crippen LogP contribution in [-0.2, 0) is 17.8 Å². The highest BCUT2D eigenvalue weighted by Gasteiger charge is 2.32. The quantitative estimate of drug-likeness (QED) is 0.763. The van der Waals surface area contributed by atoms with Gasteiger partial charge in [-0.2, -0.15) is 0 Å². The zero-order chi connectivity index (χ0) is 17.8. The first-order valence-corrected chi connectivity index (χ1v) is 8.60. The van der Waals surface area contributed by atoms with Gasteiger partial charge in [-0.25, -0.2) is 0 Å². The number of nitrogens with zero attached hydrogens (tertiary/aromatic N) is 1. The molecule has 0 radical (unpaired) electrons. The number of nitrogens with one attached hydrogen (secondary N) is 1. The van der Waals surface area contributed by atoms with Crippen LogP contribution in [0.2, 0.25) is 5.02 Å². The summed E-state index contributed by atoms with van der Waals surface area (Å²) in [6.45, 7) is 1.08. The Hall–Kier alpha value is -2.08. The van der Waals surface area contributed by atoms with E-state index in [9.17, 15) is 15.0 Å². The lowest BCUT2D eigenvalue weighted by molar-refractivity contribution is -0.129. The molecule has 0 bridgehead atoms. The summed E-state index contributed by atoms with van der Waals surface area (Å²) < 4.78 is 0. The standard InChI is InChI=1S/C19H21ClN2O3/c20-15-5-1-14(2-6-15)10-21-16-7-3-13(4-8-16)9-19(25)22-11-17(23)18(24)12-22/h1-8,17-18,21,23-24H,9-12H2/t17-,18+. The lowest BCUT2D eigenvalue weighted by Gasteiger charge is -2.15. The van der Waals surface area contributed by atoms with E-state index in [0.717, 1.165) is 21.8 Å². The van der Waals surface area contributed by atoms with Crippen molar-refractivity contribution in [2.45, 2.75) is 25.2 Å². The minimum absolute atomic E-state index is 0.0857. The SMILES string of the molecule is O=C(Cc1ccc(NCc2ccc(Cl)cc2)cc1)N1C[C@@H](O)[C@@H](O)C1. The fourth-order valence-electron chi connectivity index (χ4n) is 2.81. The van der Waals surface area contributed by atoms with E-state index in [1.807, 2.05) is 48.5 Å². The molecule has 5 nitrogen and oxygen atoms in total. The molecule has 25 heavy (non-hydrogen) atoms. The van der Waals surface area contributed by atoms with Gasteiger partial charge in [0.15, 0.2) is 0 Å². The summed E-state index contributed by atoms with van der Waals surface area (Å²) in [5.41, 5.74) is 3.01. The molecule has 0 aliphatic carbocycles. The van der Waals surface area contributed by atoms with Gasteiger partial charge in [0, 0.05) is 30.3 Å². The molecule has 1 heterocycles. The molecule has 6 heteroatoms. The van der Waals surface area contributed by atoms with Crippen molar-refractivity contribution in [1.29, 1.82) is 0 Å². The van der Waals surface area contributed by atoms with Crippen molar-refractivity contribution in [1.82, 2.24) is 4.90 Å². The van der Waals surface area contributed by atoms with E-state index in [4.69, 9.17) is 11.6 Å². The van der Waals surface area contributed by atoms with Gasteiger partial charge in [0.2, 0.25) is 5.91 Å². The Bertz CT molecular complexity index is 708. The lowest BCUT2D eigenvalue weighted by atomic mass is 10.1. The topological polar surface area (TPSA) is 72.8 Å². The van der Waals surface area contributed by atoms with Gasteiger partial charge in [0.25, 0.3) is 0 Å². The lowest BCUT2D eigenvalue weighted by Crippen LogP contribution is -2.31. The second-order valence-corrected chi connectivity index (χ2v) is 6.72. The Morgan fingerprint density at radius 2 is 1.56 bits per heavy atom. The number of carbonyl (C=O) groups is 1. The molecule has 1 fully saturated rings. The molecule has 1 aliphatic rings. The Kier molecular flexibility index (Phi) is 5.58. The maximum Gasteiger partial charge on any atom is 0.227 e. The summed E-state index contributed by atoms with van der Waals surface area (Å²) in [7, 11) is 0. The van der Waals surface area contributed by atoms with Gasteiger partial charge >= 0.3 is 0 Å². The third-order valence-electron chi connectivity index (χ3n) is 4.33. The van der Waals surface area contributed by atoms with Crippen molar-refractivity contribution < 1.29 is 15.0 Å². The van der Waals surface area contributed by atoms with E-state index >= 15 is 0 Å². The van der Waals surface area contributed by atoms with Gasteiger partial charge in [0.05, 0.1) is 18.6 Å². The molecule has 2 aromatic carbocycles. The highest BCUT2D eigenvalue weighted by Crippen LogP contribution is 2.16. The van der Waals surface area contributed by atoms with Crippen molar-refractivity contribution >= 4 is 23.2 Å². The molecule has 0 saturated carbocycles. The fourth-order valence-corrected chi connectivity index (χ4v) is 2.93. The number of halogens is 1. The summed E-state index contributed by atoms with van der Waals surface area (Å²) >= 11 is 5.87. The van der Waals surface area contributed by atoms with Crippen molar-refractivity contribution in [2.75, 3.05) is 18.4 Å². The molecule has 1 aliphatic heterocycles. The predicted molar refractivity (Wildman–Crippen MR) is 97.5 cm³/mol. The zero-order valence-electron chi connectivity index (χ0n) is 13.7. The van der Waals surface area contributed by atoms with E-state index in [0.29, 0.717) is 6.54 Å². The molecule has 0 unspecified atom stereocenters. The number of rotatable bonds is 5. The first-order chi connectivity index (χ1) is 12.0. The Labute approximate surface area is 151 Å². The van der Waals surface area contributed by atoms with E-state index < -0.39 is 12.2 Å². The maximum atomic E-state index is 12.2. The first-order valence-electron chi connectivity index (χ1n) is 8.22. The van der Waals surface area contributed by atoms with E-state index in [1.54, 1.807) is 0 Å². The number of aliphatic hydroxyl groups excluding tert-OH is 2. The highest BCUT2D eigenvalue weighted by molar-refractivity contribution is 6.30. The number of hydrogen-bond acceptors (Lipinski definition) is 4. The van der Waals surface area contributed by atoms with Gasteiger partial charge in [-0.1, -0.05) is 35.9 Å². The van der Waals surface area contributed by atoms with Crippen molar-refractivity contribution in [3.05, 3.63) is 64.7 Å². The van der Waals surface area contributed by atoms with Crippen LogP contribution >= 0.6 is 11.6 Å². The third-order valence-corrected chi connectivity index (χ3v) is 4.58. The number of β-amino-alcohol motifs (C(OH)–C–C–N with tert-alkyl or cyclic N) is 2. The van der Waals surface area contributed by atoms with Gasteiger partial charge in [-0.05, 0) is 35.4 Å². The van der Waals surface area contributed by atoms with Crippen LogP contribution in [0.5, 0.6) is 0 Å². The van der Waals surface area contributed by atoms with Crippen LogP contribution in [0, 0.1) is 0 Å². The van der Waals surface area contributed by atoms with E-state index in [2.05, 4.69) is 5.32 Å². The second kappa shape index (κ2) is 7.87. The normalized spacial score (nSPS) is 19.9. The Morgan fingerprint density at radius 1 is 1.00 bits per heavy atom. The van der Waals surface area contributed by atoms with Gasteiger partial charge in [-0.3, -0.25) is 4.79 Å². The molecule has 2 atom stereocenters. The molecular formula is C19H21ClN2O3. The van der Waals surface area contributed by atoms with Crippen LogP contribution < -0.4 is 5.32 Å². The smallest absolute Gasteiger partial charge is 0.227 e. The van der Waals surface area contributed by atoms with Gasteiger partial charge < -0.3 is 20.4 Å². The second-order valence-electron chi connectivity index (χ2n) is 6.29. The third kappa shape index (κ3) is 4.72. The summed E-state index contributed by atoms with van der Waals surface area (Å²) in [6, 6.07) is 15.4. The van der Waals surface area contributed by atoms with Gasteiger partial charge in [0.1, 0.15) is 0 Å². The average molecular weight is 361 g/mol. The molecule has 1 amide bonds. The Balaban J connectivity index is 1.51. The van der Waals surface area contributed by atoms with Crippen LogP contribution in [0.4, 0.5) is 5.69 Å². The molecule has 1 saturated heterocycles. The number of carbonyl (C=O) groups excluding carboxylic acids is 1. The number of aliphatic hydroxyl groups is 2. The highest BCUT2D eigenvalue weighted by atomic mass is 35.5. The number of hydrogen-bond donors (Lipinski definition) is 3. The zero-order valence-corrected chi connectivity index (χ0v) is 14.5. The fraction of sp³-hybridized carbons (Fsp3) is 0.316. The van der Waals surface area contributed by atoms with Crippen molar-refractivity contribution in [3.8, 4) is 0 Å². The maximum absolute atomic E-state index is 12.2. The van der Waals surface area contributed by atoms with Gasteiger partial charge in [-0.15, -0.1) is 0 Å². The summed E-state index contributed by atoms with van der Waals surface area (Å²) in [4.78, 5) is 13.7. The molecule has 0 spiro atoms. The van der Waals surface area contributed by atoms with Crippen LogP contribution in [0.15, 0.2) is 48.5 Å². The van der Waals surface area contributed by atoms with Crippen molar-refractivity contribution in [2.24, 2.45) is 0 Å². The molecular weight excluding hydrogens is 340 g/mol. The number of likely N-dealkylation sites (tertiary alicyclic amines) is 1. The first kappa shape index (κ1) is 17.7. The molecule has 2 aromatic rings. The monoisotopic (exact) mass is 360 g/mol. The number of amides is 1. The van der Waals surface area contributed by atoms with E-state index in [-0.39, 0.29) is 25.4 Å². The molecule has 0 aromatic heterocycles. The summed E-state index contributed by atoms with van der Waals surface area (Å²) in [5.74, 6) is -0.0857. The van der Waals surface area contributed by atoms with Crippen LogP contribution in [0.3, 0.4) is 0 Å². The summed E-state index contributed by atoms with van der Waals surface area (Å²) in [6.07, 6.45) is -1.43. The minimum atomic E-state index is -0.844. The van der Waals surface area contributed by atoms with E-state index in [1.165, 1.54) is 4.90 Å². The van der Waals surface area contributed by atoms with Crippen LogP contribution in [0.25, 0.3) is 0 Å². The average Bonchev–Trinajstić information content (AvgIpc) is 2.95. The predicted octanol–water partition coefficient (Wildman–Crippen LogP) is 2.06. The largest absolute Gasteiger partial charge is 0.388 e. The number of benzene rings is 2. The minimum Gasteiger partial charge on any atom is -0.388 e. The van der Waals surface area contributed by atoms with Crippen LogP contribution in [0.1, 0.15) is 11.1 Å². The molecule has 3 rings (SSSR count). The Morgan fingerprint density at radius 3 is 2.16 bits per heavy atom. The van der Waals surface area contributed by atoms with Crippen molar-refractivity contribution in [3.63, 3.8) is 0 Å². The van der Waals surface area contributed by atoms with Crippen LogP contribution in [-0.4, -0.2) is 46.3 Å². The number of anilines is 1.